The number of aromatic hydroxyl groups is 1. The first-order valence-electron chi connectivity index (χ1n) is 8.33. The Morgan fingerprint density at radius 2 is 2.07 bits per heavy atom. The fraction of sp³-hybridized carbons (Fsp3) is 0.0500. The molecule has 146 valence electrons. The second kappa shape index (κ2) is 7.26. The lowest BCUT2D eigenvalue weighted by Crippen LogP contribution is -2.11. The first-order valence-corrected chi connectivity index (χ1v) is 9.55. The maximum absolute atomic E-state index is 14.2. The van der Waals surface area contributed by atoms with Crippen LogP contribution in [0.5, 0.6) is 11.6 Å². The van der Waals surface area contributed by atoms with Crippen molar-refractivity contribution in [3.8, 4) is 17.3 Å². The van der Waals surface area contributed by atoms with Crippen LogP contribution in [0.2, 0.25) is 0 Å². The van der Waals surface area contributed by atoms with Crippen molar-refractivity contribution in [2.45, 2.75) is 0 Å². The number of aliphatic imine (C=N–C) groups is 1. The van der Waals surface area contributed by atoms with E-state index >= 15 is 0 Å². The summed E-state index contributed by atoms with van der Waals surface area (Å²) in [7, 11) is 1.51. The Bertz CT molecular complexity index is 1270. The molecule has 0 bridgehead atoms. The highest BCUT2D eigenvalue weighted by molar-refractivity contribution is 7.73. The number of carbonyl (C=O) groups is 1. The number of benzene rings is 2. The van der Waals surface area contributed by atoms with E-state index in [1.54, 1.807) is 24.3 Å². The normalized spacial score (nSPS) is 14.0. The van der Waals surface area contributed by atoms with E-state index < -0.39 is 11.8 Å². The number of para-hydroxylation sites is 1. The lowest BCUT2D eigenvalue weighted by Gasteiger charge is -2.06. The van der Waals surface area contributed by atoms with Crippen molar-refractivity contribution in [3.05, 3.63) is 62.7 Å². The van der Waals surface area contributed by atoms with Crippen LogP contribution in [-0.2, 0) is 4.79 Å². The first kappa shape index (κ1) is 19.0. The van der Waals surface area contributed by atoms with Crippen LogP contribution in [0.15, 0.2) is 47.5 Å². The van der Waals surface area contributed by atoms with E-state index in [9.17, 15) is 19.4 Å². The van der Waals surface area contributed by atoms with Gasteiger partial charge in [0.2, 0.25) is 5.88 Å². The van der Waals surface area contributed by atoms with Gasteiger partial charge in [-0.15, -0.1) is 11.3 Å². The van der Waals surface area contributed by atoms with Crippen LogP contribution in [0.1, 0.15) is 10.4 Å². The number of hydrogen-bond donors (Lipinski definition) is 2. The molecule has 2 N–H and O–H groups in total. The number of rotatable bonds is 4. The van der Waals surface area contributed by atoms with Crippen molar-refractivity contribution in [2.75, 3.05) is 7.11 Å². The van der Waals surface area contributed by atoms with Gasteiger partial charge in [-0.1, -0.05) is 12.1 Å². The molecule has 0 fully saturated rings. The van der Waals surface area contributed by atoms with Crippen LogP contribution < -0.4 is 4.74 Å². The molecule has 0 atom stereocenters. The van der Waals surface area contributed by atoms with E-state index in [-0.39, 0.29) is 21.2 Å². The SMILES string of the molecule is COc1ccc2c(c1)N=C(C(=O)O)C2=Cc1sc(=S)n(-c2ccccc2F)c1O. The van der Waals surface area contributed by atoms with Gasteiger partial charge in [0.05, 0.1) is 23.4 Å². The number of methoxy groups -OCH3 is 1. The van der Waals surface area contributed by atoms with E-state index in [0.717, 1.165) is 11.3 Å². The molecule has 0 saturated carbocycles. The Morgan fingerprint density at radius 1 is 1.31 bits per heavy atom. The molecule has 0 unspecified atom stereocenters. The lowest BCUT2D eigenvalue weighted by atomic mass is 10.0. The number of thiazole rings is 1. The zero-order valence-corrected chi connectivity index (χ0v) is 16.6. The molecule has 0 saturated heterocycles. The summed E-state index contributed by atoms with van der Waals surface area (Å²) in [5.74, 6) is -1.47. The quantitative estimate of drug-likeness (QED) is 0.582. The van der Waals surface area contributed by atoms with Crippen molar-refractivity contribution in [2.24, 2.45) is 4.99 Å². The Hall–Kier alpha value is -3.30. The zero-order valence-electron chi connectivity index (χ0n) is 14.9. The predicted octanol–water partition coefficient (Wildman–Crippen LogP) is 4.83. The van der Waals surface area contributed by atoms with Gasteiger partial charge < -0.3 is 14.9 Å². The summed E-state index contributed by atoms with van der Waals surface area (Å²) in [5.41, 5.74) is 1.30. The van der Waals surface area contributed by atoms with Crippen LogP contribution in [0.3, 0.4) is 0 Å². The van der Waals surface area contributed by atoms with Gasteiger partial charge >= 0.3 is 5.97 Å². The Labute approximate surface area is 173 Å². The molecule has 0 amide bonds. The van der Waals surface area contributed by atoms with Gasteiger partial charge in [0, 0.05) is 17.2 Å². The number of carboxylic acid groups (broad SMARTS) is 1. The van der Waals surface area contributed by atoms with E-state index in [2.05, 4.69) is 4.99 Å². The van der Waals surface area contributed by atoms with E-state index in [4.69, 9.17) is 17.0 Å². The molecule has 29 heavy (non-hydrogen) atoms. The molecule has 0 aliphatic carbocycles. The topological polar surface area (TPSA) is 84.0 Å². The minimum absolute atomic E-state index is 0.111. The first-order chi connectivity index (χ1) is 13.9. The molecule has 2 aromatic carbocycles. The average molecular weight is 428 g/mol. The monoisotopic (exact) mass is 428 g/mol. The fourth-order valence-electron chi connectivity index (χ4n) is 3.03. The minimum atomic E-state index is -1.21. The number of aliphatic carboxylic acids is 1. The molecular formula is C20H13FN2O4S2. The van der Waals surface area contributed by atoms with Crippen LogP contribution in [0.25, 0.3) is 17.3 Å². The summed E-state index contributed by atoms with van der Waals surface area (Å²) < 4.78 is 20.8. The third-order valence-electron chi connectivity index (χ3n) is 4.37. The van der Waals surface area contributed by atoms with Gasteiger partial charge in [0.1, 0.15) is 11.6 Å². The summed E-state index contributed by atoms with van der Waals surface area (Å²) >= 11 is 6.34. The molecular weight excluding hydrogens is 415 g/mol. The average Bonchev–Trinajstić information content (AvgIpc) is 3.19. The van der Waals surface area contributed by atoms with Crippen molar-refractivity contribution in [3.63, 3.8) is 0 Å². The third kappa shape index (κ3) is 3.24. The van der Waals surface area contributed by atoms with Gasteiger partial charge in [-0.25, -0.2) is 14.2 Å². The molecule has 1 aliphatic heterocycles. The second-order valence-corrected chi connectivity index (χ2v) is 7.73. The summed E-state index contributed by atoms with van der Waals surface area (Å²) in [5, 5.41) is 20.3. The second-order valence-electron chi connectivity index (χ2n) is 6.05. The molecule has 1 aromatic heterocycles. The van der Waals surface area contributed by atoms with Crippen LogP contribution >= 0.6 is 23.6 Å². The highest BCUT2D eigenvalue weighted by atomic mass is 32.1. The maximum atomic E-state index is 14.2. The lowest BCUT2D eigenvalue weighted by molar-refractivity contribution is -0.129. The molecule has 1 aliphatic rings. The van der Waals surface area contributed by atoms with Gasteiger partial charge in [0.25, 0.3) is 0 Å². The zero-order chi connectivity index (χ0) is 20.7. The number of fused-ring (bicyclic) bond motifs is 1. The van der Waals surface area contributed by atoms with Gasteiger partial charge in [-0.3, -0.25) is 4.57 Å². The minimum Gasteiger partial charge on any atom is -0.497 e. The predicted molar refractivity (Wildman–Crippen MR) is 112 cm³/mol. The maximum Gasteiger partial charge on any atom is 0.355 e. The van der Waals surface area contributed by atoms with Gasteiger partial charge in [-0.05, 0) is 42.6 Å². The largest absolute Gasteiger partial charge is 0.497 e. The molecule has 9 heteroatoms. The summed E-state index contributed by atoms with van der Waals surface area (Å²) in [6.45, 7) is 0. The van der Waals surface area contributed by atoms with Crippen LogP contribution in [0, 0.1) is 9.77 Å². The highest BCUT2D eigenvalue weighted by Crippen LogP contribution is 2.41. The highest BCUT2D eigenvalue weighted by Gasteiger charge is 2.27. The van der Waals surface area contributed by atoms with E-state index in [0.29, 0.717) is 27.5 Å². The van der Waals surface area contributed by atoms with Gasteiger partial charge in [0.15, 0.2) is 9.67 Å². The Balaban J connectivity index is 1.88. The fourth-order valence-corrected chi connectivity index (χ4v) is 4.31. The molecule has 2 heterocycles. The number of hydrogen-bond acceptors (Lipinski definition) is 6. The summed E-state index contributed by atoms with van der Waals surface area (Å²) in [6.07, 6.45) is 1.50. The number of nitrogens with zero attached hydrogens (tertiary/aromatic N) is 2. The molecule has 0 spiro atoms. The standard InChI is InChI=1S/C20H13FN2O4S2/c1-27-10-6-7-11-12(17(19(25)26)22-14(11)8-10)9-16-18(24)23(20(28)29-16)15-5-3-2-4-13(15)21/h2-9,24H,1H3,(H,25,26). The van der Waals surface area contributed by atoms with Gasteiger partial charge in [-0.2, -0.15) is 0 Å². The summed E-state index contributed by atoms with van der Waals surface area (Å²) in [4.78, 5) is 16.2. The number of halogens is 1. The molecule has 3 aromatic rings. The van der Waals surface area contributed by atoms with E-state index in [1.165, 1.54) is 36.0 Å². The Kier molecular flexibility index (Phi) is 4.77. The van der Waals surface area contributed by atoms with Crippen LogP contribution in [-0.4, -0.2) is 33.6 Å². The molecule has 4 rings (SSSR count). The molecule has 6 nitrogen and oxygen atoms in total. The number of ether oxygens (including phenoxy) is 1. The number of aromatic nitrogens is 1. The van der Waals surface area contributed by atoms with E-state index in [1.807, 2.05) is 0 Å². The van der Waals surface area contributed by atoms with Crippen molar-refractivity contribution in [1.29, 1.82) is 0 Å². The smallest absolute Gasteiger partial charge is 0.355 e. The third-order valence-corrected chi connectivity index (χ3v) is 5.68. The van der Waals surface area contributed by atoms with Crippen LogP contribution in [0.4, 0.5) is 10.1 Å². The number of carboxylic acids is 1. The molecule has 0 radical (unpaired) electrons. The van der Waals surface area contributed by atoms with Crippen molar-refractivity contribution < 1.29 is 24.1 Å². The van der Waals surface area contributed by atoms with Crippen molar-refractivity contribution >= 4 is 52.6 Å². The van der Waals surface area contributed by atoms with Crippen molar-refractivity contribution in [1.82, 2.24) is 4.57 Å². The summed E-state index contributed by atoms with van der Waals surface area (Å²) in [6, 6.07) is 10.9. The Morgan fingerprint density at radius 3 is 2.76 bits per heavy atom.